The van der Waals surface area contributed by atoms with Crippen LogP contribution in [0.25, 0.3) is 0 Å². The van der Waals surface area contributed by atoms with Gasteiger partial charge in [-0.1, -0.05) is 0 Å². The third-order valence-electron chi connectivity index (χ3n) is 3.94. The maximum absolute atomic E-state index is 12.3. The first-order chi connectivity index (χ1) is 8.70. The van der Waals surface area contributed by atoms with E-state index in [1.165, 1.54) is 0 Å². The predicted octanol–water partition coefficient (Wildman–Crippen LogP) is 1.75. The van der Waals surface area contributed by atoms with Crippen LogP contribution in [0.5, 0.6) is 0 Å². The number of hydrogen-bond acceptors (Lipinski definition) is 2. The molecule has 1 aliphatic carbocycles. The number of nitrogens with zero attached hydrogens (tertiary/aromatic N) is 1. The maximum Gasteiger partial charge on any atom is 0.225 e. The van der Waals surface area contributed by atoms with Crippen molar-refractivity contribution in [2.45, 2.75) is 38.3 Å². The first-order valence-corrected chi connectivity index (χ1v) is 6.74. The fourth-order valence-corrected chi connectivity index (χ4v) is 2.75. The van der Waals surface area contributed by atoms with Crippen molar-refractivity contribution in [2.24, 2.45) is 5.92 Å². The quantitative estimate of drug-likeness (QED) is 0.854. The highest BCUT2D eigenvalue weighted by Crippen LogP contribution is 2.25. The molecule has 18 heavy (non-hydrogen) atoms. The standard InChI is InChI=1S/C14H23N3O/c1-15-13-5-3-12(4-6-13)14(18)17(2)10-11-7-8-16-9-11/h7-9,12-13,15-16H,3-6,10H2,1-2H3. The zero-order valence-corrected chi connectivity index (χ0v) is 11.3. The summed E-state index contributed by atoms with van der Waals surface area (Å²) in [7, 11) is 3.91. The topological polar surface area (TPSA) is 48.1 Å². The van der Waals surface area contributed by atoms with E-state index in [4.69, 9.17) is 0 Å². The Morgan fingerprint density at radius 2 is 2.17 bits per heavy atom. The number of hydrogen-bond donors (Lipinski definition) is 2. The molecule has 1 aromatic heterocycles. The third kappa shape index (κ3) is 3.13. The lowest BCUT2D eigenvalue weighted by Gasteiger charge is -2.30. The van der Waals surface area contributed by atoms with Crippen LogP contribution >= 0.6 is 0 Å². The molecule has 2 N–H and O–H groups in total. The second-order valence-electron chi connectivity index (χ2n) is 5.25. The Morgan fingerprint density at radius 1 is 1.44 bits per heavy atom. The number of nitrogens with one attached hydrogen (secondary N) is 2. The molecule has 4 nitrogen and oxygen atoms in total. The lowest BCUT2D eigenvalue weighted by molar-refractivity contribution is -0.135. The highest BCUT2D eigenvalue weighted by molar-refractivity contribution is 5.78. The van der Waals surface area contributed by atoms with Crippen LogP contribution in [0.3, 0.4) is 0 Å². The Hall–Kier alpha value is -1.29. The predicted molar refractivity (Wildman–Crippen MR) is 72.1 cm³/mol. The van der Waals surface area contributed by atoms with Crippen LogP contribution in [-0.4, -0.2) is 35.9 Å². The van der Waals surface area contributed by atoms with Gasteiger partial charge < -0.3 is 15.2 Å². The van der Waals surface area contributed by atoms with Gasteiger partial charge in [0.25, 0.3) is 0 Å². The van der Waals surface area contributed by atoms with Crippen molar-refractivity contribution in [1.82, 2.24) is 15.2 Å². The van der Waals surface area contributed by atoms with Crippen molar-refractivity contribution in [3.05, 3.63) is 24.0 Å². The fraction of sp³-hybridized carbons (Fsp3) is 0.643. The molecule has 0 aliphatic heterocycles. The summed E-state index contributed by atoms with van der Waals surface area (Å²) in [5.41, 5.74) is 1.16. The van der Waals surface area contributed by atoms with Crippen LogP contribution < -0.4 is 5.32 Å². The van der Waals surface area contributed by atoms with Crippen molar-refractivity contribution in [2.75, 3.05) is 14.1 Å². The Labute approximate surface area is 109 Å². The molecular weight excluding hydrogens is 226 g/mol. The Balaban J connectivity index is 1.84. The van der Waals surface area contributed by atoms with Gasteiger partial charge in [0, 0.05) is 37.9 Å². The van der Waals surface area contributed by atoms with Gasteiger partial charge in [-0.15, -0.1) is 0 Å². The molecule has 0 unspecified atom stereocenters. The number of aromatic amines is 1. The smallest absolute Gasteiger partial charge is 0.225 e. The van der Waals surface area contributed by atoms with Gasteiger partial charge in [0.15, 0.2) is 0 Å². The molecule has 2 rings (SSSR count). The van der Waals surface area contributed by atoms with Gasteiger partial charge in [0.05, 0.1) is 0 Å². The number of rotatable bonds is 4. The minimum absolute atomic E-state index is 0.221. The molecule has 0 atom stereocenters. The van der Waals surface area contributed by atoms with Gasteiger partial charge >= 0.3 is 0 Å². The van der Waals surface area contributed by atoms with E-state index in [1.807, 2.05) is 37.5 Å². The lowest BCUT2D eigenvalue weighted by atomic mass is 9.85. The average molecular weight is 249 g/mol. The molecule has 0 radical (unpaired) electrons. The molecule has 1 saturated carbocycles. The molecule has 0 bridgehead atoms. The lowest BCUT2D eigenvalue weighted by Crippen LogP contribution is -2.38. The summed E-state index contributed by atoms with van der Waals surface area (Å²) >= 11 is 0. The zero-order valence-electron chi connectivity index (χ0n) is 11.3. The summed E-state index contributed by atoms with van der Waals surface area (Å²) in [6.07, 6.45) is 8.10. The monoisotopic (exact) mass is 249 g/mol. The number of aromatic nitrogens is 1. The Kier molecular flexibility index (Phi) is 4.42. The van der Waals surface area contributed by atoms with E-state index < -0.39 is 0 Å². The van der Waals surface area contributed by atoms with Crippen LogP contribution in [0.15, 0.2) is 18.5 Å². The van der Waals surface area contributed by atoms with Crippen LogP contribution in [0, 0.1) is 5.92 Å². The molecular formula is C14H23N3O. The second-order valence-corrected chi connectivity index (χ2v) is 5.25. The van der Waals surface area contributed by atoms with Crippen molar-refractivity contribution < 1.29 is 4.79 Å². The summed E-state index contributed by atoms with van der Waals surface area (Å²) in [5.74, 6) is 0.518. The molecule has 1 aliphatic rings. The van der Waals surface area contributed by atoms with Crippen molar-refractivity contribution >= 4 is 5.91 Å². The van der Waals surface area contributed by atoms with Gasteiger partial charge in [-0.25, -0.2) is 0 Å². The average Bonchev–Trinajstić information content (AvgIpc) is 2.91. The summed E-state index contributed by atoms with van der Waals surface area (Å²) in [4.78, 5) is 17.2. The van der Waals surface area contributed by atoms with Crippen LogP contribution in [0.2, 0.25) is 0 Å². The summed E-state index contributed by atoms with van der Waals surface area (Å²) in [6.45, 7) is 0.703. The van der Waals surface area contributed by atoms with Crippen molar-refractivity contribution in [1.29, 1.82) is 0 Å². The minimum Gasteiger partial charge on any atom is -0.367 e. The molecule has 0 aromatic carbocycles. The first-order valence-electron chi connectivity index (χ1n) is 6.74. The number of amides is 1. The Morgan fingerprint density at radius 3 is 2.72 bits per heavy atom. The maximum atomic E-state index is 12.3. The van der Waals surface area contributed by atoms with E-state index in [9.17, 15) is 4.79 Å². The van der Waals surface area contributed by atoms with E-state index in [2.05, 4.69) is 10.3 Å². The van der Waals surface area contributed by atoms with Crippen LogP contribution in [-0.2, 0) is 11.3 Å². The SMILES string of the molecule is CNC1CCC(C(=O)N(C)Cc2cc[nH]c2)CC1. The third-order valence-corrected chi connectivity index (χ3v) is 3.94. The van der Waals surface area contributed by atoms with Crippen molar-refractivity contribution in [3.63, 3.8) is 0 Å². The summed E-state index contributed by atoms with van der Waals surface area (Å²) < 4.78 is 0. The first kappa shape index (κ1) is 13.1. The van der Waals surface area contributed by atoms with Crippen molar-refractivity contribution in [3.8, 4) is 0 Å². The van der Waals surface area contributed by atoms with E-state index in [1.54, 1.807) is 0 Å². The Bertz CT molecular complexity index is 366. The normalized spacial score (nSPS) is 23.9. The molecule has 1 heterocycles. The number of carbonyl (C=O) groups is 1. The molecule has 1 fully saturated rings. The summed E-state index contributed by atoms with van der Waals surface area (Å²) in [6, 6.07) is 2.62. The van der Waals surface area contributed by atoms with Gasteiger partial charge in [-0.3, -0.25) is 4.79 Å². The molecule has 1 aromatic rings. The highest BCUT2D eigenvalue weighted by Gasteiger charge is 2.27. The van der Waals surface area contributed by atoms with E-state index in [-0.39, 0.29) is 5.92 Å². The number of H-pyrrole nitrogens is 1. The molecule has 4 heteroatoms. The zero-order chi connectivity index (χ0) is 13.0. The second kappa shape index (κ2) is 6.05. The number of carbonyl (C=O) groups excluding carboxylic acids is 1. The van der Waals surface area contributed by atoms with Gasteiger partial charge in [-0.2, -0.15) is 0 Å². The van der Waals surface area contributed by atoms with Gasteiger partial charge in [-0.05, 0) is 44.4 Å². The minimum atomic E-state index is 0.221. The molecule has 0 spiro atoms. The van der Waals surface area contributed by atoms with Crippen LogP contribution in [0.4, 0.5) is 0 Å². The van der Waals surface area contributed by atoms with E-state index in [0.717, 1.165) is 31.2 Å². The van der Waals surface area contributed by atoms with Gasteiger partial charge in [0.1, 0.15) is 0 Å². The molecule has 100 valence electrons. The molecule has 1 amide bonds. The highest BCUT2D eigenvalue weighted by atomic mass is 16.2. The molecule has 0 saturated heterocycles. The van der Waals surface area contributed by atoms with Crippen LogP contribution in [0.1, 0.15) is 31.2 Å². The largest absolute Gasteiger partial charge is 0.367 e. The fourth-order valence-electron chi connectivity index (χ4n) is 2.75. The van der Waals surface area contributed by atoms with E-state index in [0.29, 0.717) is 18.5 Å². The van der Waals surface area contributed by atoms with E-state index >= 15 is 0 Å². The van der Waals surface area contributed by atoms with Gasteiger partial charge in [0.2, 0.25) is 5.91 Å². The summed E-state index contributed by atoms with van der Waals surface area (Å²) in [5, 5.41) is 3.30.